The van der Waals surface area contributed by atoms with Crippen molar-refractivity contribution in [2.24, 2.45) is 5.92 Å². The molecule has 0 saturated heterocycles. The van der Waals surface area contributed by atoms with E-state index < -0.39 is 0 Å². The zero-order chi connectivity index (χ0) is 9.68. The van der Waals surface area contributed by atoms with Crippen LogP contribution in [0.15, 0.2) is 6.33 Å². The standard InChI is InChI=1S/C8H14N4O/c1-6(2)3-4-7(13)11-8-9-5-10-12-8/h5-6H,3-4H2,1-2H3,(H2,9,10,11,12,13). The van der Waals surface area contributed by atoms with Crippen molar-refractivity contribution in [2.45, 2.75) is 26.7 Å². The molecule has 0 atom stereocenters. The van der Waals surface area contributed by atoms with E-state index in [9.17, 15) is 4.79 Å². The smallest absolute Gasteiger partial charge is 0.226 e. The maximum absolute atomic E-state index is 11.2. The summed E-state index contributed by atoms with van der Waals surface area (Å²) in [6.07, 6.45) is 2.77. The second-order valence-electron chi connectivity index (χ2n) is 3.31. The fraction of sp³-hybridized carbons (Fsp3) is 0.625. The molecule has 2 N–H and O–H groups in total. The molecule has 0 spiro atoms. The molecule has 0 fully saturated rings. The van der Waals surface area contributed by atoms with Crippen LogP contribution >= 0.6 is 0 Å². The molecule has 0 saturated carbocycles. The van der Waals surface area contributed by atoms with Gasteiger partial charge < -0.3 is 0 Å². The molecule has 0 aromatic carbocycles. The molecule has 5 heteroatoms. The minimum Gasteiger partial charge on any atom is -0.295 e. The van der Waals surface area contributed by atoms with Crippen LogP contribution in [0.3, 0.4) is 0 Å². The summed E-state index contributed by atoms with van der Waals surface area (Å²) < 4.78 is 0. The highest BCUT2D eigenvalue weighted by atomic mass is 16.1. The van der Waals surface area contributed by atoms with Crippen LogP contribution in [0, 0.1) is 5.92 Å². The van der Waals surface area contributed by atoms with Gasteiger partial charge in [0.15, 0.2) is 0 Å². The van der Waals surface area contributed by atoms with Gasteiger partial charge in [-0.3, -0.25) is 10.1 Å². The van der Waals surface area contributed by atoms with E-state index in [4.69, 9.17) is 0 Å². The number of nitrogens with one attached hydrogen (secondary N) is 2. The Hall–Kier alpha value is -1.39. The molecule has 1 aromatic heterocycles. The van der Waals surface area contributed by atoms with Gasteiger partial charge in [-0.2, -0.15) is 10.1 Å². The van der Waals surface area contributed by atoms with Gasteiger partial charge in [-0.25, -0.2) is 5.10 Å². The van der Waals surface area contributed by atoms with Crippen molar-refractivity contribution in [1.29, 1.82) is 0 Å². The first kappa shape index (κ1) is 9.70. The van der Waals surface area contributed by atoms with Gasteiger partial charge in [-0.1, -0.05) is 13.8 Å². The summed E-state index contributed by atoms with van der Waals surface area (Å²) in [6.45, 7) is 4.17. The number of hydrogen-bond donors (Lipinski definition) is 2. The summed E-state index contributed by atoms with van der Waals surface area (Å²) in [5.41, 5.74) is 0. The monoisotopic (exact) mass is 182 g/mol. The molecule has 13 heavy (non-hydrogen) atoms. The van der Waals surface area contributed by atoms with E-state index in [-0.39, 0.29) is 5.91 Å². The Bertz CT molecular complexity index is 255. The van der Waals surface area contributed by atoms with Crippen molar-refractivity contribution in [3.05, 3.63) is 6.33 Å². The van der Waals surface area contributed by atoms with Crippen molar-refractivity contribution < 1.29 is 4.79 Å². The van der Waals surface area contributed by atoms with Crippen LogP contribution in [-0.2, 0) is 4.79 Å². The molecule has 1 amide bonds. The average Bonchev–Trinajstić information content (AvgIpc) is 2.53. The zero-order valence-corrected chi connectivity index (χ0v) is 7.87. The van der Waals surface area contributed by atoms with Crippen molar-refractivity contribution in [2.75, 3.05) is 5.32 Å². The molecule has 0 unspecified atom stereocenters. The highest BCUT2D eigenvalue weighted by Gasteiger charge is 2.04. The predicted molar refractivity (Wildman–Crippen MR) is 49.1 cm³/mol. The van der Waals surface area contributed by atoms with Crippen molar-refractivity contribution in [3.8, 4) is 0 Å². The number of carbonyl (C=O) groups is 1. The van der Waals surface area contributed by atoms with Gasteiger partial charge in [0.2, 0.25) is 11.9 Å². The molecule has 1 aromatic rings. The molecular weight excluding hydrogens is 168 g/mol. The first-order valence-electron chi connectivity index (χ1n) is 4.33. The predicted octanol–water partition coefficient (Wildman–Crippen LogP) is 1.18. The summed E-state index contributed by atoms with van der Waals surface area (Å²) >= 11 is 0. The minimum absolute atomic E-state index is 0.0227. The second-order valence-corrected chi connectivity index (χ2v) is 3.31. The molecule has 5 nitrogen and oxygen atoms in total. The molecule has 0 bridgehead atoms. The summed E-state index contributed by atoms with van der Waals surface area (Å²) in [6, 6.07) is 0. The van der Waals surface area contributed by atoms with Crippen LogP contribution in [0.1, 0.15) is 26.7 Å². The summed E-state index contributed by atoms with van der Waals surface area (Å²) in [4.78, 5) is 15.0. The van der Waals surface area contributed by atoms with Gasteiger partial charge in [0.1, 0.15) is 6.33 Å². The van der Waals surface area contributed by atoms with Crippen molar-refractivity contribution in [3.63, 3.8) is 0 Å². The number of rotatable bonds is 4. The summed E-state index contributed by atoms with van der Waals surface area (Å²) in [5.74, 6) is 0.930. The molecule has 0 aliphatic rings. The number of carbonyl (C=O) groups excluding carboxylic acids is 1. The Balaban J connectivity index is 2.26. The maximum atomic E-state index is 11.2. The van der Waals surface area contributed by atoms with Crippen LogP contribution in [0.25, 0.3) is 0 Å². The minimum atomic E-state index is -0.0227. The molecule has 0 radical (unpaired) electrons. The van der Waals surface area contributed by atoms with E-state index in [0.717, 1.165) is 6.42 Å². The van der Waals surface area contributed by atoms with Crippen molar-refractivity contribution in [1.82, 2.24) is 15.2 Å². The summed E-state index contributed by atoms with van der Waals surface area (Å²) in [5, 5.41) is 8.79. The Labute approximate surface area is 76.9 Å². The lowest BCUT2D eigenvalue weighted by atomic mass is 10.1. The van der Waals surface area contributed by atoms with Crippen LogP contribution in [0.4, 0.5) is 5.95 Å². The van der Waals surface area contributed by atoms with E-state index in [2.05, 4.69) is 34.3 Å². The molecule has 1 heterocycles. The third kappa shape index (κ3) is 3.68. The Morgan fingerprint density at radius 1 is 1.69 bits per heavy atom. The Morgan fingerprint density at radius 2 is 2.46 bits per heavy atom. The van der Waals surface area contributed by atoms with Gasteiger partial charge >= 0.3 is 0 Å². The first-order chi connectivity index (χ1) is 6.18. The van der Waals surface area contributed by atoms with Crippen LogP contribution in [0.2, 0.25) is 0 Å². The highest BCUT2D eigenvalue weighted by molar-refractivity contribution is 5.88. The van der Waals surface area contributed by atoms with E-state index in [1.54, 1.807) is 0 Å². The Morgan fingerprint density at radius 3 is 3.00 bits per heavy atom. The second kappa shape index (κ2) is 4.59. The lowest BCUT2D eigenvalue weighted by Gasteiger charge is -2.03. The van der Waals surface area contributed by atoms with Crippen LogP contribution in [-0.4, -0.2) is 21.1 Å². The zero-order valence-electron chi connectivity index (χ0n) is 7.87. The number of aromatic amines is 1. The topological polar surface area (TPSA) is 70.7 Å². The maximum Gasteiger partial charge on any atom is 0.226 e. The first-order valence-corrected chi connectivity index (χ1v) is 4.33. The van der Waals surface area contributed by atoms with E-state index in [1.807, 2.05) is 0 Å². The van der Waals surface area contributed by atoms with Gasteiger partial charge in [-0.15, -0.1) is 0 Å². The Kier molecular flexibility index (Phi) is 3.42. The molecule has 1 rings (SSSR count). The number of anilines is 1. The third-order valence-electron chi connectivity index (χ3n) is 1.62. The fourth-order valence-corrected chi connectivity index (χ4v) is 0.880. The van der Waals surface area contributed by atoms with E-state index in [0.29, 0.717) is 18.3 Å². The van der Waals surface area contributed by atoms with Crippen LogP contribution in [0.5, 0.6) is 0 Å². The van der Waals surface area contributed by atoms with E-state index in [1.165, 1.54) is 6.33 Å². The number of H-pyrrole nitrogens is 1. The van der Waals surface area contributed by atoms with E-state index >= 15 is 0 Å². The lowest BCUT2D eigenvalue weighted by Crippen LogP contribution is -2.13. The quantitative estimate of drug-likeness (QED) is 0.734. The number of nitrogens with zero attached hydrogens (tertiary/aromatic N) is 2. The van der Waals surface area contributed by atoms with Crippen LogP contribution < -0.4 is 5.32 Å². The van der Waals surface area contributed by atoms with Gasteiger partial charge in [-0.05, 0) is 12.3 Å². The molecule has 0 aliphatic carbocycles. The van der Waals surface area contributed by atoms with Gasteiger partial charge in [0, 0.05) is 6.42 Å². The normalized spacial score (nSPS) is 10.4. The number of aromatic nitrogens is 3. The number of hydrogen-bond acceptors (Lipinski definition) is 3. The number of amides is 1. The summed E-state index contributed by atoms with van der Waals surface area (Å²) in [7, 11) is 0. The van der Waals surface area contributed by atoms with Gasteiger partial charge in [0.25, 0.3) is 0 Å². The van der Waals surface area contributed by atoms with Crippen molar-refractivity contribution >= 4 is 11.9 Å². The lowest BCUT2D eigenvalue weighted by molar-refractivity contribution is -0.116. The fourth-order valence-electron chi connectivity index (χ4n) is 0.880. The molecule has 72 valence electrons. The average molecular weight is 182 g/mol. The highest BCUT2D eigenvalue weighted by Crippen LogP contribution is 2.04. The molecule has 0 aliphatic heterocycles. The molecular formula is C8H14N4O. The third-order valence-corrected chi connectivity index (χ3v) is 1.62. The van der Waals surface area contributed by atoms with Gasteiger partial charge in [0.05, 0.1) is 0 Å². The SMILES string of the molecule is CC(C)CCC(=O)Nc1ncn[nH]1. The largest absolute Gasteiger partial charge is 0.295 e.